The van der Waals surface area contributed by atoms with Gasteiger partial charge in [0.05, 0.1) is 12.2 Å². The van der Waals surface area contributed by atoms with E-state index in [9.17, 15) is 4.79 Å². The van der Waals surface area contributed by atoms with Crippen molar-refractivity contribution in [2.24, 2.45) is 0 Å². The second-order valence-corrected chi connectivity index (χ2v) is 6.38. The zero-order valence-corrected chi connectivity index (χ0v) is 14.1. The van der Waals surface area contributed by atoms with Crippen LogP contribution in [0.15, 0.2) is 60.8 Å². The van der Waals surface area contributed by atoms with E-state index in [2.05, 4.69) is 15.6 Å². The number of halogens is 1. The summed E-state index contributed by atoms with van der Waals surface area (Å²) in [7, 11) is 0. The van der Waals surface area contributed by atoms with Crippen LogP contribution in [0.1, 0.15) is 6.04 Å². The highest BCUT2D eigenvalue weighted by Crippen LogP contribution is 2.24. The van der Waals surface area contributed by atoms with Crippen molar-refractivity contribution in [2.45, 2.75) is 6.04 Å². The Balaban J connectivity index is 1.35. The third-order valence-corrected chi connectivity index (χ3v) is 4.45. The van der Waals surface area contributed by atoms with Crippen LogP contribution in [0.25, 0.3) is 11.3 Å². The molecule has 1 aromatic heterocycles. The molecule has 2 aromatic carbocycles. The van der Waals surface area contributed by atoms with Gasteiger partial charge in [-0.3, -0.25) is 0 Å². The van der Waals surface area contributed by atoms with Crippen LogP contribution >= 0.6 is 11.6 Å². The summed E-state index contributed by atoms with van der Waals surface area (Å²) >= 11 is 5.84. The van der Waals surface area contributed by atoms with Crippen LogP contribution in [0.4, 0.5) is 10.5 Å². The van der Waals surface area contributed by atoms with Gasteiger partial charge in [-0.25, -0.2) is 9.48 Å². The average Bonchev–Trinajstić information content (AvgIpc) is 3.06. The average molecular weight is 354 g/mol. The highest BCUT2D eigenvalue weighted by atomic mass is 35.5. The number of urea groups is 1. The van der Waals surface area contributed by atoms with Crippen molar-refractivity contribution in [1.29, 1.82) is 0 Å². The van der Waals surface area contributed by atoms with Gasteiger partial charge in [0.1, 0.15) is 5.69 Å². The summed E-state index contributed by atoms with van der Waals surface area (Å²) in [6.45, 7) is 1.22. The molecular weight excluding hydrogens is 338 g/mol. The standard InChI is InChI=1S/C18H16ClN5O/c19-14-6-8-15(9-7-14)20-18(25)23-10-16(11-23)24-12-17(21-22-24)13-4-2-1-3-5-13/h1-9,12,16H,10-11H2,(H,20,25). The number of likely N-dealkylation sites (tertiary alicyclic amines) is 1. The number of anilines is 1. The van der Waals surface area contributed by atoms with Crippen molar-refractivity contribution >= 4 is 23.3 Å². The molecule has 0 saturated carbocycles. The maximum atomic E-state index is 12.2. The van der Waals surface area contributed by atoms with Crippen LogP contribution in [0.5, 0.6) is 0 Å². The van der Waals surface area contributed by atoms with Crippen molar-refractivity contribution in [3.63, 3.8) is 0 Å². The minimum Gasteiger partial charge on any atom is -0.320 e. The Morgan fingerprint density at radius 3 is 2.52 bits per heavy atom. The SMILES string of the molecule is O=C(Nc1ccc(Cl)cc1)N1CC(n2cc(-c3ccccc3)nn2)C1. The van der Waals surface area contributed by atoms with Gasteiger partial charge in [-0.1, -0.05) is 47.1 Å². The summed E-state index contributed by atoms with van der Waals surface area (Å²) in [6, 6.07) is 17.0. The van der Waals surface area contributed by atoms with E-state index in [0.29, 0.717) is 18.1 Å². The molecule has 0 bridgehead atoms. The first kappa shape index (κ1) is 15.7. The van der Waals surface area contributed by atoms with Crippen molar-refractivity contribution in [2.75, 3.05) is 18.4 Å². The molecule has 0 spiro atoms. The molecule has 6 nitrogen and oxygen atoms in total. The van der Waals surface area contributed by atoms with Gasteiger partial charge in [0, 0.05) is 29.4 Å². The Bertz CT molecular complexity index is 872. The van der Waals surface area contributed by atoms with Crippen LogP contribution in [0.2, 0.25) is 5.02 Å². The fraction of sp³-hybridized carbons (Fsp3) is 0.167. The molecule has 126 valence electrons. The highest BCUT2D eigenvalue weighted by molar-refractivity contribution is 6.30. The lowest BCUT2D eigenvalue weighted by Crippen LogP contribution is -2.52. The second kappa shape index (κ2) is 6.57. The number of carbonyl (C=O) groups excluding carboxylic acids is 1. The van der Waals surface area contributed by atoms with E-state index in [1.165, 1.54) is 0 Å². The predicted molar refractivity (Wildman–Crippen MR) is 96.5 cm³/mol. The van der Waals surface area contributed by atoms with Crippen molar-refractivity contribution in [3.8, 4) is 11.3 Å². The first-order valence-corrected chi connectivity index (χ1v) is 8.35. The summed E-state index contributed by atoms with van der Waals surface area (Å²) in [6.07, 6.45) is 1.93. The molecule has 0 atom stereocenters. The van der Waals surface area contributed by atoms with Crippen LogP contribution in [0, 0.1) is 0 Å². The number of aromatic nitrogens is 3. The van der Waals surface area contributed by atoms with E-state index in [-0.39, 0.29) is 12.1 Å². The smallest absolute Gasteiger partial charge is 0.320 e. The third kappa shape index (κ3) is 3.34. The summed E-state index contributed by atoms with van der Waals surface area (Å²) in [5, 5.41) is 11.9. The largest absolute Gasteiger partial charge is 0.321 e. The molecule has 4 rings (SSSR count). The van der Waals surface area contributed by atoms with E-state index >= 15 is 0 Å². The van der Waals surface area contributed by atoms with Gasteiger partial charge in [0.15, 0.2) is 0 Å². The molecule has 2 amide bonds. The lowest BCUT2D eigenvalue weighted by molar-refractivity contribution is 0.127. The Hall–Kier alpha value is -2.86. The summed E-state index contributed by atoms with van der Waals surface area (Å²) in [5.41, 5.74) is 2.60. The van der Waals surface area contributed by atoms with Crippen LogP contribution < -0.4 is 5.32 Å². The van der Waals surface area contributed by atoms with Crippen LogP contribution in [-0.2, 0) is 0 Å². The number of amides is 2. The Kier molecular flexibility index (Phi) is 4.11. The van der Waals surface area contributed by atoms with E-state index < -0.39 is 0 Å². The summed E-state index contributed by atoms with van der Waals surface area (Å²) in [4.78, 5) is 14.0. The van der Waals surface area contributed by atoms with Gasteiger partial charge in [0.2, 0.25) is 0 Å². The molecular formula is C18H16ClN5O. The molecule has 1 fully saturated rings. The topological polar surface area (TPSA) is 63.1 Å². The molecule has 1 saturated heterocycles. The van der Waals surface area contributed by atoms with E-state index in [1.807, 2.05) is 41.2 Å². The van der Waals surface area contributed by atoms with E-state index in [1.54, 1.807) is 29.2 Å². The summed E-state index contributed by atoms with van der Waals surface area (Å²) < 4.78 is 1.83. The second-order valence-electron chi connectivity index (χ2n) is 5.95. The number of hydrogen-bond acceptors (Lipinski definition) is 3. The van der Waals surface area contributed by atoms with Crippen molar-refractivity contribution in [1.82, 2.24) is 19.9 Å². The van der Waals surface area contributed by atoms with Crippen molar-refractivity contribution < 1.29 is 4.79 Å². The maximum Gasteiger partial charge on any atom is 0.321 e. The zero-order valence-electron chi connectivity index (χ0n) is 13.3. The number of rotatable bonds is 3. The number of carbonyl (C=O) groups is 1. The van der Waals surface area contributed by atoms with E-state index in [0.717, 1.165) is 16.9 Å². The highest BCUT2D eigenvalue weighted by Gasteiger charge is 2.32. The monoisotopic (exact) mass is 353 g/mol. The molecule has 7 heteroatoms. The third-order valence-electron chi connectivity index (χ3n) is 4.20. The lowest BCUT2D eigenvalue weighted by atomic mass is 10.1. The summed E-state index contributed by atoms with van der Waals surface area (Å²) in [5.74, 6) is 0. The first-order chi connectivity index (χ1) is 12.2. The molecule has 1 aliphatic rings. The van der Waals surface area contributed by atoms with Crippen molar-refractivity contribution in [3.05, 3.63) is 65.8 Å². The van der Waals surface area contributed by atoms with Gasteiger partial charge in [0.25, 0.3) is 0 Å². The molecule has 25 heavy (non-hydrogen) atoms. The van der Waals surface area contributed by atoms with Gasteiger partial charge >= 0.3 is 6.03 Å². The zero-order chi connectivity index (χ0) is 17.2. The van der Waals surface area contributed by atoms with Gasteiger partial charge in [-0.05, 0) is 24.3 Å². The molecule has 0 unspecified atom stereocenters. The Morgan fingerprint density at radius 1 is 1.08 bits per heavy atom. The number of benzene rings is 2. The molecule has 2 heterocycles. The first-order valence-electron chi connectivity index (χ1n) is 7.98. The molecule has 1 aliphatic heterocycles. The van der Waals surface area contributed by atoms with E-state index in [4.69, 9.17) is 11.6 Å². The number of hydrogen-bond donors (Lipinski definition) is 1. The quantitative estimate of drug-likeness (QED) is 0.781. The van der Waals surface area contributed by atoms with Gasteiger partial charge in [-0.2, -0.15) is 0 Å². The Morgan fingerprint density at radius 2 is 1.80 bits per heavy atom. The van der Waals surface area contributed by atoms with Crippen LogP contribution in [-0.4, -0.2) is 39.0 Å². The fourth-order valence-electron chi connectivity index (χ4n) is 2.72. The fourth-order valence-corrected chi connectivity index (χ4v) is 2.85. The molecule has 1 N–H and O–H groups in total. The minimum absolute atomic E-state index is 0.123. The van der Waals surface area contributed by atoms with Gasteiger partial charge in [-0.15, -0.1) is 5.10 Å². The minimum atomic E-state index is -0.123. The number of nitrogens with one attached hydrogen (secondary N) is 1. The predicted octanol–water partition coefficient (Wildman–Crippen LogP) is 3.69. The lowest BCUT2D eigenvalue weighted by Gasteiger charge is -2.38. The molecule has 0 aliphatic carbocycles. The molecule has 3 aromatic rings. The maximum absolute atomic E-state index is 12.2. The number of nitrogens with zero attached hydrogens (tertiary/aromatic N) is 4. The Labute approximate surface area is 150 Å². The molecule has 0 radical (unpaired) electrons. The normalized spacial score (nSPS) is 14.2. The van der Waals surface area contributed by atoms with Gasteiger partial charge < -0.3 is 10.2 Å². The van der Waals surface area contributed by atoms with Crippen LogP contribution in [0.3, 0.4) is 0 Å².